The molecule has 0 aromatic rings. The van der Waals surface area contributed by atoms with Crippen LogP contribution in [0.2, 0.25) is 0 Å². The van der Waals surface area contributed by atoms with Crippen LogP contribution in [0.25, 0.3) is 0 Å². The molecule has 0 aliphatic carbocycles. The summed E-state index contributed by atoms with van der Waals surface area (Å²) in [5.41, 5.74) is 0. The molecule has 2 N–H and O–H groups in total. The SMILES string of the molecule is C1=CSC=CN=C1.C1=CSC=CN=C1.O=C(O)/C=C/C(=O)O. The summed E-state index contributed by atoms with van der Waals surface area (Å²) in [4.78, 5) is 26.8. The minimum absolute atomic E-state index is 0.558. The summed E-state index contributed by atoms with van der Waals surface area (Å²) in [5.74, 6) is -2.51. The predicted octanol–water partition coefficient (Wildman–Crippen LogP) is 3.29. The summed E-state index contributed by atoms with van der Waals surface area (Å²) in [6.07, 6.45) is 12.0. The summed E-state index contributed by atoms with van der Waals surface area (Å²) in [6, 6.07) is 0. The molecule has 22 heavy (non-hydrogen) atoms. The first kappa shape index (κ1) is 19.7. The zero-order valence-corrected chi connectivity index (χ0v) is 13.0. The largest absolute Gasteiger partial charge is 0.478 e. The molecule has 0 radical (unpaired) electrons. The summed E-state index contributed by atoms with van der Waals surface area (Å²) < 4.78 is 0. The van der Waals surface area contributed by atoms with Gasteiger partial charge in [-0.25, -0.2) is 9.59 Å². The van der Waals surface area contributed by atoms with E-state index in [0.717, 1.165) is 0 Å². The van der Waals surface area contributed by atoms with Gasteiger partial charge in [0.25, 0.3) is 0 Å². The summed E-state index contributed by atoms with van der Waals surface area (Å²) >= 11 is 3.26. The van der Waals surface area contributed by atoms with Gasteiger partial charge in [0, 0.05) is 37.0 Å². The van der Waals surface area contributed by atoms with Crippen LogP contribution >= 0.6 is 23.5 Å². The summed E-state index contributed by atoms with van der Waals surface area (Å²) in [6.45, 7) is 0. The second kappa shape index (κ2) is 15.1. The highest BCUT2D eigenvalue weighted by atomic mass is 32.2. The number of aliphatic carboxylic acids is 2. The molecule has 116 valence electrons. The zero-order chi connectivity index (χ0) is 16.5. The van der Waals surface area contributed by atoms with Gasteiger partial charge in [0.05, 0.1) is 0 Å². The molecule has 2 aliphatic heterocycles. The first-order valence-corrected chi connectivity index (χ1v) is 7.63. The average molecular weight is 338 g/mol. The van der Waals surface area contributed by atoms with Gasteiger partial charge in [0.2, 0.25) is 0 Å². The number of hydrogen-bond donors (Lipinski definition) is 2. The van der Waals surface area contributed by atoms with Crippen molar-refractivity contribution in [2.45, 2.75) is 0 Å². The van der Waals surface area contributed by atoms with Crippen molar-refractivity contribution >= 4 is 47.9 Å². The molecule has 0 aromatic carbocycles. The lowest BCUT2D eigenvalue weighted by Gasteiger charge is -1.74. The van der Waals surface area contributed by atoms with Gasteiger partial charge in [-0.1, -0.05) is 0 Å². The highest BCUT2D eigenvalue weighted by Crippen LogP contribution is 2.04. The fourth-order valence-corrected chi connectivity index (χ4v) is 1.52. The van der Waals surface area contributed by atoms with Crippen LogP contribution in [0, 0.1) is 0 Å². The molecule has 0 atom stereocenters. The van der Waals surface area contributed by atoms with Crippen LogP contribution in [0.4, 0.5) is 0 Å². The molecule has 2 heterocycles. The number of aliphatic imine (C=N–C) groups is 2. The molecule has 0 spiro atoms. The third kappa shape index (κ3) is 17.7. The van der Waals surface area contributed by atoms with Crippen LogP contribution in [0.15, 0.2) is 68.3 Å². The lowest BCUT2D eigenvalue weighted by atomic mass is 10.5. The maximum Gasteiger partial charge on any atom is 0.328 e. The Morgan fingerprint density at radius 3 is 1.55 bits per heavy atom. The van der Waals surface area contributed by atoms with Crippen LogP contribution in [0.1, 0.15) is 0 Å². The van der Waals surface area contributed by atoms with Crippen LogP contribution in [-0.4, -0.2) is 34.6 Å². The van der Waals surface area contributed by atoms with Gasteiger partial charge in [-0.2, -0.15) is 0 Å². The van der Waals surface area contributed by atoms with Crippen molar-refractivity contribution in [2.24, 2.45) is 9.98 Å². The molecular formula is C14H14N2O4S2. The number of allylic oxidation sites excluding steroid dienone is 2. The Hall–Kier alpha value is -2.32. The van der Waals surface area contributed by atoms with E-state index in [-0.39, 0.29) is 0 Å². The van der Waals surface area contributed by atoms with Gasteiger partial charge in [-0.05, 0) is 33.8 Å². The summed E-state index contributed by atoms with van der Waals surface area (Å²) in [7, 11) is 0. The lowest BCUT2D eigenvalue weighted by molar-refractivity contribution is -0.134. The van der Waals surface area contributed by atoms with E-state index >= 15 is 0 Å². The smallest absolute Gasteiger partial charge is 0.328 e. The summed E-state index contributed by atoms with van der Waals surface area (Å²) in [5, 5.41) is 23.4. The van der Waals surface area contributed by atoms with Gasteiger partial charge in [-0.3, -0.25) is 9.98 Å². The van der Waals surface area contributed by atoms with Crippen molar-refractivity contribution < 1.29 is 19.8 Å². The third-order valence-electron chi connectivity index (χ3n) is 1.48. The van der Waals surface area contributed by atoms with E-state index in [9.17, 15) is 9.59 Å². The van der Waals surface area contributed by atoms with Crippen LogP contribution in [0.5, 0.6) is 0 Å². The van der Waals surface area contributed by atoms with Crippen molar-refractivity contribution in [3.63, 3.8) is 0 Å². The van der Waals surface area contributed by atoms with Gasteiger partial charge >= 0.3 is 11.9 Å². The predicted molar refractivity (Wildman–Crippen MR) is 93.1 cm³/mol. The molecular weight excluding hydrogens is 324 g/mol. The Morgan fingerprint density at radius 1 is 0.773 bits per heavy atom. The number of carboxylic acid groups (broad SMARTS) is 2. The monoisotopic (exact) mass is 338 g/mol. The van der Waals surface area contributed by atoms with Crippen molar-refractivity contribution in [3.05, 3.63) is 58.3 Å². The minimum Gasteiger partial charge on any atom is -0.478 e. The Kier molecular flexibility index (Phi) is 13.5. The molecule has 0 bridgehead atoms. The Bertz CT molecular complexity index is 471. The third-order valence-corrected chi connectivity index (χ3v) is 2.66. The molecule has 6 nitrogen and oxygen atoms in total. The van der Waals surface area contributed by atoms with E-state index in [0.29, 0.717) is 12.2 Å². The number of thioether (sulfide) groups is 2. The van der Waals surface area contributed by atoms with E-state index in [1.807, 2.05) is 33.8 Å². The quantitative estimate of drug-likeness (QED) is 0.750. The van der Waals surface area contributed by atoms with E-state index < -0.39 is 11.9 Å². The topological polar surface area (TPSA) is 99.3 Å². The zero-order valence-electron chi connectivity index (χ0n) is 11.4. The molecule has 2 aliphatic rings. The second-order valence-electron chi connectivity index (χ2n) is 3.11. The maximum absolute atomic E-state index is 9.55. The highest BCUT2D eigenvalue weighted by Gasteiger charge is 1.88. The average Bonchev–Trinajstić information content (AvgIpc) is 2.95. The van der Waals surface area contributed by atoms with Gasteiger partial charge in [-0.15, -0.1) is 23.5 Å². The van der Waals surface area contributed by atoms with Crippen molar-refractivity contribution in [1.29, 1.82) is 0 Å². The Labute approximate surface area is 136 Å². The Morgan fingerprint density at radius 2 is 1.18 bits per heavy atom. The maximum atomic E-state index is 9.55. The number of carboxylic acids is 2. The van der Waals surface area contributed by atoms with Gasteiger partial charge < -0.3 is 10.2 Å². The molecule has 0 fully saturated rings. The van der Waals surface area contributed by atoms with Crippen LogP contribution in [-0.2, 0) is 9.59 Å². The molecule has 0 unspecified atom stereocenters. The number of hydrogen-bond acceptors (Lipinski definition) is 6. The minimum atomic E-state index is -1.26. The van der Waals surface area contributed by atoms with Crippen molar-refractivity contribution in [1.82, 2.24) is 0 Å². The standard InChI is InChI=1S/2C5H5NS.C4H4O4/c2*1-2-6-3-5-7-4-1;5-3(6)1-2-4(7)8/h2*1-5H;1-2H,(H,5,6)(H,7,8)/b;;2-1+. The molecule has 0 aromatic heterocycles. The van der Waals surface area contributed by atoms with E-state index in [4.69, 9.17) is 10.2 Å². The lowest BCUT2D eigenvalue weighted by Crippen LogP contribution is -1.91. The number of rotatable bonds is 2. The molecule has 0 saturated carbocycles. The van der Waals surface area contributed by atoms with Crippen LogP contribution < -0.4 is 0 Å². The Balaban J connectivity index is 0.000000301. The van der Waals surface area contributed by atoms with E-state index in [1.165, 1.54) is 0 Å². The second-order valence-corrected chi connectivity index (χ2v) is 4.74. The first-order chi connectivity index (χ1) is 10.6. The van der Waals surface area contributed by atoms with Crippen molar-refractivity contribution in [2.75, 3.05) is 0 Å². The normalized spacial score (nSPS) is 14.4. The van der Waals surface area contributed by atoms with Gasteiger partial charge in [0.1, 0.15) is 0 Å². The first-order valence-electron chi connectivity index (χ1n) is 5.74. The number of carbonyl (C=O) groups is 2. The molecule has 0 amide bonds. The number of nitrogens with zero attached hydrogens (tertiary/aromatic N) is 2. The fraction of sp³-hybridized carbons (Fsp3) is 0. The van der Waals surface area contributed by atoms with E-state index in [1.54, 1.807) is 48.4 Å². The molecule has 8 heteroatoms. The highest BCUT2D eigenvalue weighted by molar-refractivity contribution is 8.05. The van der Waals surface area contributed by atoms with E-state index in [2.05, 4.69) is 9.98 Å². The molecule has 2 rings (SSSR count). The van der Waals surface area contributed by atoms with Gasteiger partial charge in [0.15, 0.2) is 0 Å². The fourth-order valence-electron chi connectivity index (χ4n) is 0.734. The van der Waals surface area contributed by atoms with Crippen LogP contribution in [0.3, 0.4) is 0 Å². The van der Waals surface area contributed by atoms with Crippen molar-refractivity contribution in [3.8, 4) is 0 Å². The molecule has 0 saturated heterocycles.